The number of nitrogens with zero attached hydrogens (tertiary/aromatic N) is 5. The van der Waals surface area contributed by atoms with Gasteiger partial charge in [0.05, 0.1) is 17.6 Å². The second-order valence-electron chi connectivity index (χ2n) is 14.5. The van der Waals surface area contributed by atoms with Crippen LogP contribution in [0.2, 0.25) is 0 Å². The predicted octanol–water partition coefficient (Wildman–Crippen LogP) is 6.95. The normalized spacial score (nSPS) is 15.8. The highest BCUT2D eigenvalue weighted by Gasteiger charge is 2.35. The number of aryl methyl sites for hydroxylation is 1. The van der Waals surface area contributed by atoms with Gasteiger partial charge in [-0.05, 0) is 81.0 Å². The molecule has 3 aromatic carbocycles. The van der Waals surface area contributed by atoms with Crippen molar-refractivity contribution in [3.8, 4) is 11.1 Å². The lowest BCUT2D eigenvalue weighted by molar-refractivity contribution is -0.123. The number of likely N-dealkylation sites (tertiary alicyclic amines) is 1. The topological polar surface area (TPSA) is 141 Å². The lowest BCUT2D eigenvalue weighted by Gasteiger charge is -2.33. The van der Waals surface area contributed by atoms with E-state index >= 15 is 0 Å². The van der Waals surface area contributed by atoms with Gasteiger partial charge in [0.15, 0.2) is 17.2 Å². The standard InChI is InChI=1S/C40H41N5O7S/c1-26-15-17-28(18-16-26)53(49,50)45-21-19-34-37(45)41-22-36(42-34)44(39(48)52-40(2,3)4)24-35(46)27-10-9-20-43(23-27)38(47)51-25-33-31-13-7-5-11-29(31)30-12-6-8-14-32(30)33/h5-8,11-19,21-22,27,33H,9-10,20,23-25H2,1-4H3/t27-/m1/s1. The van der Waals surface area contributed by atoms with Crippen LogP contribution in [0.1, 0.15) is 56.2 Å². The molecule has 2 aromatic heterocycles. The van der Waals surface area contributed by atoms with Crippen molar-refractivity contribution in [2.75, 3.05) is 31.1 Å². The number of Topliss-reactive ketones (excluding diaryl/α,β-unsaturated/α-hetero) is 1. The Balaban J connectivity index is 1.07. The minimum absolute atomic E-state index is 0.0229. The van der Waals surface area contributed by atoms with Crippen LogP contribution in [0.4, 0.5) is 15.4 Å². The zero-order chi connectivity index (χ0) is 37.5. The predicted molar refractivity (Wildman–Crippen MR) is 199 cm³/mol. The molecule has 5 aromatic rings. The summed E-state index contributed by atoms with van der Waals surface area (Å²) >= 11 is 0. The molecule has 1 aliphatic carbocycles. The Morgan fingerprint density at radius 3 is 2.25 bits per heavy atom. The number of benzene rings is 3. The van der Waals surface area contributed by atoms with Gasteiger partial charge in [-0.25, -0.2) is 31.9 Å². The highest BCUT2D eigenvalue weighted by atomic mass is 32.2. The zero-order valence-corrected chi connectivity index (χ0v) is 30.9. The first-order valence-corrected chi connectivity index (χ1v) is 19.0. The summed E-state index contributed by atoms with van der Waals surface area (Å²) in [5.41, 5.74) is 4.80. The van der Waals surface area contributed by atoms with E-state index in [1.165, 1.54) is 30.6 Å². The zero-order valence-electron chi connectivity index (χ0n) is 30.1. The fraction of sp³-hybridized carbons (Fsp3) is 0.325. The summed E-state index contributed by atoms with van der Waals surface area (Å²) in [4.78, 5) is 52.5. The van der Waals surface area contributed by atoms with Gasteiger partial charge in [0.25, 0.3) is 10.0 Å². The van der Waals surface area contributed by atoms with Gasteiger partial charge in [-0.1, -0.05) is 66.2 Å². The fourth-order valence-electron chi connectivity index (χ4n) is 6.96. The van der Waals surface area contributed by atoms with E-state index in [-0.39, 0.29) is 53.3 Å². The Kier molecular flexibility index (Phi) is 9.54. The van der Waals surface area contributed by atoms with E-state index in [2.05, 4.69) is 34.2 Å². The second kappa shape index (κ2) is 14.1. The number of hydrogen-bond donors (Lipinski definition) is 0. The number of aromatic nitrogens is 3. The van der Waals surface area contributed by atoms with E-state index in [1.807, 2.05) is 31.2 Å². The van der Waals surface area contributed by atoms with Gasteiger partial charge in [0.1, 0.15) is 17.7 Å². The van der Waals surface area contributed by atoms with E-state index in [1.54, 1.807) is 37.8 Å². The van der Waals surface area contributed by atoms with Gasteiger partial charge < -0.3 is 14.4 Å². The van der Waals surface area contributed by atoms with Gasteiger partial charge in [-0.15, -0.1) is 0 Å². The van der Waals surface area contributed by atoms with Crippen LogP contribution in [0, 0.1) is 12.8 Å². The molecule has 0 radical (unpaired) electrons. The van der Waals surface area contributed by atoms with Crippen molar-refractivity contribution in [1.29, 1.82) is 0 Å². The number of rotatable bonds is 8. The fourth-order valence-corrected chi connectivity index (χ4v) is 8.25. The van der Waals surface area contributed by atoms with E-state index < -0.39 is 33.7 Å². The average molecular weight is 736 g/mol. The summed E-state index contributed by atoms with van der Waals surface area (Å²) in [6.07, 6.45) is 2.42. The first-order valence-electron chi connectivity index (χ1n) is 17.6. The monoisotopic (exact) mass is 735 g/mol. The third kappa shape index (κ3) is 7.25. The van der Waals surface area contributed by atoms with Crippen molar-refractivity contribution in [3.05, 3.63) is 108 Å². The molecule has 1 fully saturated rings. The lowest BCUT2D eigenvalue weighted by Crippen LogP contribution is -2.47. The van der Waals surface area contributed by atoms with Crippen molar-refractivity contribution in [2.45, 2.75) is 57.0 Å². The number of ketones is 1. The third-order valence-electron chi connectivity index (χ3n) is 9.60. The molecule has 2 amide bonds. The number of carbonyl (C=O) groups is 3. The average Bonchev–Trinajstić information content (AvgIpc) is 3.71. The highest BCUT2D eigenvalue weighted by Crippen LogP contribution is 2.44. The Morgan fingerprint density at radius 2 is 1.58 bits per heavy atom. The summed E-state index contributed by atoms with van der Waals surface area (Å²) in [6, 6.07) is 24.2. The van der Waals surface area contributed by atoms with Crippen LogP contribution >= 0.6 is 0 Å². The Bertz CT molecular complexity index is 2270. The summed E-state index contributed by atoms with van der Waals surface area (Å²) in [6.45, 7) is 7.37. The number of amides is 2. The Hall–Kier alpha value is -5.56. The van der Waals surface area contributed by atoms with Crippen LogP contribution in [0.5, 0.6) is 0 Å². The highest BCUT2D eigenvalue weighted by molar-refractivity contribution is 7.90. The smallest absolute Gasteiger partial charge is 0.416 e. The molecular weight excluding hydrogens is 695 g/mol. The van der Waals surface area contributed by atoms with Crippen LogP contribution in [-0.2, 0) is 24.3 Å². The van der Waals surface area contributed by atoms with Gasteiger partial charge in [0, 0.05) is 31.1 Å². The maximum absolute atomic E-state index is 13.9. The van der Waals surface area contributed by atoms with Crippen LogP contribution in [0.25, 0.3) is 22.3 Å². The number of hydrogen-bond acceptors (Lipinski definition) is 9. The number of anilines is 1. The summed E-state index contributed by atoms with van der Waals surface area (Å²) in [7, 11) is -3.98. The van der Waals surface area contributed by atoms with Crippen molar-refractivity contribution in [1.82, 2.24) is 18.8 Å². The van der Waals surface area contributed by atoms with Crippen molar-refractivity contribution in [2.24, 2.45) is 5.92 Å². The molecule has 0 saturated carbocycles. The minimum Gasteiger partial charge on any atom is -0.448 e. The first kappa shape index (κ1) is 35.8. The van der Waals surface area contributed by atoms with Crippen molar-refractivity contribution < 1.29 is 32.3 Å². The van der Waals surface area contributed by atoms with E-state index in [4.69, 9.17) is 9.47 Å². The van der Waals surface area contributed by atoms with E-state index in [9.17, 15) is 22.8 Å². The molecule has 1 saturated heterocycles. The Labute approximate surface area is 308 Å². The molecule has 2 aliphatic rings. The van der Waals surface area contributed by atoms with Gasteiger partial charge in [-0.2, -0.15) is 0 Å². The van der Waals surface area contributed by atoms with Crippen molar-refractivity contribution in [3.63, 3.8) is 0 Å². The van der Waals surface area contributed by atoms with Crippen LogP contribution in [0.15, 0.2) is 96.2 Å². The number of ether oxygens (including phenoxy) is 2. The Morgan fingerprint density at radius 1 is 0.925 bits per heavy atom. The molecule has 3 heterocycles. The maximum atomic E-state index is 13.9. The molecule has 0 unspecified atom stereocenters. The lowest BCUT2D eigenvalue weighted by atomic mass is 9.93. The molecule has 12 nitrogen and oxygen atoms in total. The molecule has 13 heteroatoms. The van der Waals surface area contributed by atoms with Gasteiger partial charge in [0.2, 0.25) is 0 Å². The largest absolute Gasteiger partial charge is 0.448 e. The van der Waals surface area contributed by atoms with Crippen molar-refractivity contribution >= 4 is 45.0 Å². The molecule has 0 bridgehead atoms. The molecular formula is C40H41N5O7S. The minimum atomic E-state index is -3.98. The molecule has 1 aliphatic heterocycles. The molecule has 53 heavy (non-hydrogen) atoms. The molecule has 274 valence electrons. The quantitative estimate of drug-likeness (QED) is 0.166. The number of fused-ring (bicyclic) bond motifs is 4. The van der Waals surface area contributed by atoms with E-state index in [0.29, 0.717) is 19.4 Å². The second-order valence-corrected chi connectivity index (χ2v) is 16.3. The van der Waals surface area contributed by atoms with Crippen LogP contribution in [0.3, 0.4) is 0 Å². The summed E-state index contributed by atoms with van der Waals surface area (Å²) in [5, 5.41) is 0. The summed E-state index contributed by atoms with van der Waals surface area (Å²) < 4.78 is 39.4. The molecule has 0 N–H and O–H groups in total. The first-order chi connectivity index (χ1) is 25.3. The van der Waals surface area contributed by atoms with Gasteiger partial charge >= 0.3 is 12.2 Å². The molecule has 1 atom stereocenters. The summed E-state index contributed by atoms with van der Waals surface area (Å²) in [5.74, 6) is -0.913. The number of piperidine rings is 1. The number of carbonyl (C=O) groups excluding carboxylic acids is 3. The van der Waals surface area contributed by atoms with Crippen LogP contribution in [-0.4, -0.2) is 77.1 Å². The molecule has 0 spiro atoms. The third-order valence-corrected chi connectivity index (χ3v) is 11.3. The SMILES string of the molecule is Cc1ccc(S(=O)(=O)n2ccc3nc(N(CC(=O)[C@@H]4CCCN(C(=O)OCC5c6ccccc6-c6ccccc65)C4)C(=O)OC(C)(C)C)cnc32)cc1. The molecule has 7 rings (SSSR count). The maximum Gasteiger partial charge on any atom is 0.416 e. The van der Waals surface area contributed by atoms with E-state index in [0.717, 1.165) is 36.7 Å². The van der Waals surface area contributed by atoms with Gasteiger partial charge in [-0.3, -0.25) is 9.69 Å². The van der Waals surface area contributed by atoms with Crippen LogP contribution < -0.4 is 4.90 Å².